The second-order valence-corrected chi connectivity index (χ2v) is 6.52. The first-order chi connectivity index (χ1) is 14.1. The molecule has 0 aliphatic carbocycles. The van der Waals surface area contributed by atoms with Crippen molar-refractivity contribution in [3.05, 3.63) is 93.5 Å². The third kappa shape index (κ3) is 4.04. The standard InChI is InChI=1S/C21H14ClN5O2/c22-18-10-3-1-8-16(18)20-24-19-11-4-2-9-17(19)21(25-20)26-23-13-14-6-5-7-15(12-14)27(28)29/h1-13H,(H,24,25,26)/b23-13-. The van der Waals surface area contributed by atoms with Crippen molar-refractivity contribution in [2.24, 2.45) is 5.10 Å². The largest absolute Gasteiger partial charge is 0.270 e. The summed E-state index contributed by atoms with van der Waals surface area (Å²) < 4.78 is 0. The van der Waals surface area contributed by atoms with Crippen molar-refractivity contribution in [2.45, 2.75) is 0 Å². The molecule has 29 heavy (non-hydrogen) atoms. The zero-order valence-electron chi connectivity index (χ0n) is 15.0. The van der Waals surface area contributed by atoms with Crippen molar-refractivity contribution in [1.29, 1.82) is 0 Å². The van der Waals surface area contributed by atoms with Gasteiger partial charge in [-0.25, -0.2) is 9.97 Å². The number of nitro benzene ring substituents is 1. The van der Waals surface area contributed by atoms with Crippen LogP contribution in [0.3, 0.4) is 0 Å². The van der Waals surface area contributed by atoms with Gasteiger partial charge in [0.2, 0.25) is 0 Å². The minimum absolute atomic E-state index is 0.00226. The van der Waals surface area contributed by atoms with E-state index in [4.69, 9.17) is 11.6 Å². The number of non-ortho nitro benzene ring substituents is 1. The third-order valence-corrected chi connectivity index (χ3v) is 4.51. The summed E-state index contributed by atoms with van der Waals surface area (Å²) in [5.74, 6) is 0.981. The molecule has 0 bridgehead atoms. The van der Waals surface area contributed by atoms with Crippen molar-refractivity contribution in [3.63, 3.8) is 0 Å². The highest BCUT2D eigenvalue weighted by Crippen LogP contribution is 2.29. The minimum atomic E-state index is -0.446. The van der Waals surface area contributed by atoms with E-state index in [2.05, 4.69) is 20.5 Å². The number of anilines is 1. The van der Waals surface area contributed by atoms with Crippen molar-refractivity contribution in [3.8, 4) is 11.4 Å². The minimum Gasteiger partial charge on any atom is -0.261 e. The van der Waals surface area contributed by atoms with E-state index in [-0.39, 0.29) is 5.69 Å². The van der Waals surface area contributed by atoms with Crippen LogP contribution in [0.4, 0.5) is 11.5 Å². The smallest absolute Gasteiger partial charge is 0.261 e. The van der Waals surface area contributed by atoms with E-state index in [1.165, 1.54) is 18.3 Å². The normalized spacial score (nSPS) is 11.1. The van der Waals surface area contributed by atoms with Crippen molar-refractivity contribution < 1.29 is 4.92 Å². The molecule has 0 saturated heterocycles. The fraction of sp³-hybridized carbons (Fsp3) is 0. The van der Waals surface area contributed by atoms with E-state index in [1.54, 1.807) is 18.2 Å². The molecule has 0 atom stereocenters. The van der Waals surface area contributed by atoms with Crippen LogP contribution in [-0.4, -0.2) is 21.1 Å². The third-order valence-electron chi connectivity index (χ3n) is 4.18. The average Bonchev–Trinajstić information content (AvgIpc) is 2.74. The highest BCUT2D eigenvalue weighted by atomic mass is 35.5. The zero-order valence-corrected chi connectivity index (χ0v) is 15.7. The summed E-state index contributed by atoms with van der Waals surface area (Å²) >= 11 is 6.30. The van der Waals surface area contributed by atoms with Gasteiger partial charge in [0, 0.05) is 28.6 Å². The monoisotopic (exact) mass is 403 g/mol. The first-order valence-corrected chi connectivity index (χ1v) is 9.05. The Labute approximate surface area is 170 Å². The molecule has 7 nitrogen and oxygen atoms in total. The molecule has 1 N–H and O–H groups in total. The number of nitrogens with zero attached hydrogens (tertiary/aromatic N) is 4. The van der Waals surface area contributed by atoms with E-state index in [1.807, 2.05) is 42.5 Å². The van der Waals surface area contributed by atoms with E-state index < -0.39 is 4.92 Å². The number of para-hydroxylation sites is 1. The van der Waals surface area contributed by atoms with Gasteiger partial charge >= 0.3 is 0 Å². The maximum Gasteiger partial charge on any atom is 0.270 e. The van der Waals surface area contributed by atoms with Gasteiger partial charge in [-0.2, -0.15) is 5.10 Å². The molecule has 142 valence electrons. The molecule has 0 saturated carbocycles. The maximum atomic E-state index is 10.9. The first-order valence-electron chi connectivity index (χ1n) is 8.67. The molecule has 1 aromatic heterocycles. The van der Waals surface area contributed by atoms with Crippen LogP contribution in [-0.2, 0) is 0 Å². The summed E-state index contributed by atoms with van der Waals surface area (Å²) in [4.78, 5) is 19.6. The number of nitro groups is 1. The molecule has 0 amide bonds. The number of aromatic nitrogens is 2. The van der Waals surface area contributed by atoms with Gasteiger partial charge < -0.3 is 0 Å². The molecule has 0 spiro atoms. The van der Waals surface area contributed by atoms with Crippen LogP contribution < -0.4 is 5.43 Å². The number of nitrogens with one attached hydrogen (secondary N) is 1. The van der Waals surface area contributed by atoms with Crippen LogP contribution in [0.25, 0.3) is 22.3 Å². The van der Waals surface area contributed by atoms with Gasteiger partial charge in [0.05, 0.1) is 21.7 Å². The number of rotatable bonds is 5. The molecule has 0 unspecified atom stereocenters. The summed E-state index contributed by atoms with van der Waals surface area (Å²) in [6, 6.07) is 21.1. The number of benzene rings is 3. The Hall–Kier alpha value is -3.84. The number of halogens is 1. The topological polar surface area (TPSA) is 93.3 Å². The first kappa shape index (κ1) is 18.5. The second-order valence-electron chi connectivity index (χ2n) is 6.11. The summed E-state index contributed by atoms with van der Waals surface area (Å²) in [6.07, 6.45) is 1.50. The van der Waals surface area contributed by atoms with Crippen molar-refractivity contribution in [1.82, 2.24) is 9.97 Å². The van der Waals surface area contributed by atoms with Crippen LogP contribution >= 0.6 is 11.6 Å². The van der Waals surface area contributed by atoms with Crippen molar-refractivity contribution >= 4 is 40.2 Å². The number of fused-ring (bicyclic) bond motifs is 1. The van der Waals surface area contributed by atoms with Crippen molar-refractivity contribution in [2.75, 3.05) is 5.43 Å². The second kappa shape index (κ2) is 8.04. The van der Waals surface area contributed by atoms with Crippen LogP contribution in [0.15, 0.2) is 77.9 Å². The molecule has 0 radical (unpaired) electrons. The van der Waals surface area contributed by atoms with E-state index >= 15 is 0 Å². The molecule has 4 rings (SSSR count). The fourth-order valence-electron chi connectivity index (χ4n) is 2.81. The summed E-state index contributed by atoms with van der Waals surface area (Å²) in [5.41, 5.74) is 4.97. The Bertz CT molecular complexity index is 1240. The number of hydrazone groups is 1. The lowest BCUT2D eigenvalue weighted by molar-refractivity contribution is -0.384. The molecule has 3 aromatic carbocycles. The van der Waals surface area contributed by atoms with Crippen LogP contribution in [0.2, 0.25) is 5.02 Å². The number of hydrogen-bond acceptors (Lipinski definition) is 6. The van der Waals surface area contributed by atoms with Gasteiger partial charge in [0.15, 0.2) is 11.6 Å². The SMILES string of the molecule is O=[N+]([O-])c1cccc(/C=N\Nc2nc(-c3ccccc3Cl)nc3ccccc23)c1. The van der Waals surface area contributed by atoms with E-state index in [0.717, 1.165) is 10.9 Å². The van der Waals surface area contributed by atoms with Gasteiger partial charge in [-0.1, -0.05) is 48.0 Å². The summed E-state index contributed by atoms with van der Waals surface area (Å²) in [6.45, 7) is 0. The summed E-state index contributed by atoms with van der Waals surface area (Å²) in [5, 5.41) is 16.5. The van der Waals surface area contributed by atoms with Crippen LogP contribution in [0.1, 0.15) is 5.56 Å². The Morgan fingerprint density at radius 1 is 1.00 bits per heavy atom. The van der Waals surface area contributed by atoms with Gasteiger partial charge in [0.25, 0.3) is 5.69 Å². The van der Waals surface area contributed by atoms with E-state index in [0.29, 0.717) is 27.8 Å². The lowest BCUT2D eigenvalue weighted by Gasteiger charge is -2.09. The highest BCUT2D eigenvalue weighted by Gasteiger charge is 2.11. The predicted molar refractivity (Wildman–Crippen MR) is 114 cm³/mol. The molecule has 8 heteroatoms. The Morgan fingerprint density at radius 3 is 2.62 bits per heavy atom. The Balaban J connectivity index is 1.70. The van der Waals surface area contributed by atoms with Crippen LogP contribution in [0.5, 0.6) is 0 Å². The van der Waals surface area contributed by atoms with Gasteiger partial charge in [-0.3, -0.25) is 15.5 Å². The Morgan fingerprint density at radius 2 is 1.79 bits per heavy atom. The zero-order chi connectivity index (χ0) is 20.2. The Kier molecular flexibility index (Phi) is 5.13. The molecule has 0 aliphatic rings. The number of hydrogen-bond donors (Lipinski definition) is 1. The quantitative estimate of drug-likeness (QED) is 0.277. The molecular formula is C21H14ClN5O2. The van der Waals surface area contributed by atoms with Gasteiger partial charge in [-0.15, -0.1) is 0 Å². The van der Waals surface area contributed by atoms with Crippen LogP contribution in [0, 0.1) is 10.1 Å². The lowest BCUT2D eigenvalue weighted by atomic mass is 10.2. The molecule has 1 heterocycles. The van der Waals surface area contributed by atoms with E-state index in [9.17, 15) is 10.1 Å². The molecule has 0 fully saturated rings. The maximum absolute atomic E-state index is 10.9. The highest BCUT2D eigenvalue weighted by molar-refractivity contribution is 6.33. The fourth-order valence-corrected chi connectivity index (χ4v) is 3.03. The van der Waals surface area contributed by atoms with Gasteiger partial charge in [-0.05, 0) is 24.3 Å². The summed E-state index contributed by atoms with van der Waals surface area (Å²) in [7, 11) is 0. The predicted octanol–water partition coefficient (Wildman–Crippen LogP) is 5.30. The van der Waals surface area contributed by atoms with Gasteiger partial charge in [0.1, 0.15) is 0 Å². The average molecular weight is 404 g/mol. The molecule has 4 aromatic rings. The molecule has 0 aliphatic heterocycles. The molecular weight excluding hydrogens is 390 g/mol. The lowest BCUT2D eigenvalue weighted by Crippen LogP contribution is -1.99.